The zero-order valence-corrected chi connectivity index (χ0v) is 16.1. The molecule has 7 heteroatoms. The minimum Gasteiger partial charge on any atom is -0.457 e. The van der Waals surface area contributed by atoms with Gasteiger partial charge in [-0.2, -0.15) is 0 Å². The smallest absolute Gasteiger partial charge is 0.282 e. The molecule has 5 nitrogen and oxygen atoms in total. The Hall–Kier alpha value is -2.83. The molecule has 0 spiro atoms. The summed E-state index contributed by atoms with van der Waals surface area (Å²) in [5, 5.41) is 1.63. The lowest BCUT2D eigenvalue weighted by Gasteiger charge is -2.14. The number of halogens is 2. The first-order valence-electron chi connectivity index (χ1n) is 8.00. The number of anilines is 1. The number of hydrogen-bond acceptors (Lipinski definition) is 3. The zero-order valence-electron chi connectivity index (χ0n) is 13.8. The Bertz CT molecular complexity index is 1090. The molecule has 0 bridgehead atoms. The maximum atomic E-state index is 12.6. The zero-order chi connectivity index (χ0) is 19.0. The van der Waals surface area contributed by atoms with Crippen LogP contribution in [0.2, 0.25) is 5.02 Å². The number of hydrogen-bond donors (Lipinski definition) is 1. The van der Waals surface area contributed by atoms with E-state index >= 15 is 0 Å². The molecule has 0 aliphatic carbocycles. The van der Waals surface area contributed by atoms with Crippen LogP contribution in [0.25, 0.3) is 17.4 Å². The summed E-state index contributed by atoms with van der Waals surface area (Å²) in [6.07, 6.45) is 1.43. The lowest BCUT2D eigenvalue weighted by Crippen LogP contribution is -2.35. The number of rotatable bonds is 3. The van der Waals surface area contributed by atoms with Crippen LogP contribution in [0.3, 0.4) is 0 Å². The van der Waals surface area contributed by atoms with E-state index in [0.717, 1.165) is 15.0 Å². The molecular formula is C20H12BrClN2O3. The number of benzene rings is 2. The van der Waals surface area contributed by atoms with Gasteiger partial charge in [0.05, 0.1) is 5.69 Å². The molecule has 1 aliphatic rings. The fraction of sp³-hybridized carbons (Fsp3) is 0. The number of hydrazine groups is 1. The predicted octanol–water partition coefficient (Wildman–Crippen LogP) is 4.82. The summed E-state index contributed by atoms with van der Waals surface area (Å²) in [6, 6.07) is 17.8. The number of carbonyl (C=O) groups is 2. The molecule has 2 heterocycles. The van der Waals surface area contributed by atoms with Gasteiger partial charge in [0.2, 0.25) is 0 Å². The SMILES string of the molecule is O=C1NN(c2cccc(Cl)c2)C(=O)/C1=C\c1ccc(-c2cccc(Br)c2)o1. The molecule has 0 unspecified atom stereocenters. The van der Waals surface area contributed by atoms with E-state index in [4.69, 9.17) is 16.0 Å². The molecule has 134 valence electrons. The Kier molecular flexibility index (Phi) is 4.59. The van der Waals surface area contributed by atoms with E-state index in [1.807, 2.05) is 24.3 Å². The van der Waals surface area contributed by atoms with Gasteiger partial charge in [-0.15, -0.1) is 0 Å². The van der Waals surface area contributed by atoms with Crippen LogP contribution in [0, 0.1) is 0 Å². The maximum absolute atomic E-state index is 12.6. The normalized spacial score (nSPS) is 15.5. The van der Waals surface area contributed by atoms with Crippen LogP contribution in [0.4, 0.5) is 5.69 Å². The average molecular weight is 444 g/mol. The van der Waals surface area contributed by atoms with Crippen molar-refractivity contribution in [2.24, 2.45) is 0 Å². The van der Waals surface area contributed by atoms with Gasteiger partial charge >= 0.3 is 0 Å². The van der Waals surface area contributed by atoms with E-state index in [1.54, 1.807) is 36.4 Å². The fourth-order valence-corrected chi connectivity index (χ4v) is 3.31. The largest absolute Gasteiger partial charge is 0.457 e. The molecule has 2 aromatic carbocycles. The highest BCUT2D eigenvalue weighted by Gasteiger charge is 2.34. The van der Waals surface area contributed by atoms with E-state index < -0.39 is 11.8 Å². The minimum absolute atomic E-state index is 0.00915. The van der Waals surface area contributed by atoms with Gasteiger partial charge < -0.3 is 4.42 Å². The third-order valence-corrected chi connectivity index (χ3v) is 4.71. The third-order valence-electron chi connectivity index (χ3n) is 3.98. The number of carbonyl (C=O) groups excluding carboxylic acids is 2. The van der Waals surface area contributed by atoms with Crippen molar-refractivity contribution >= 4 is 51.1 Å². The monoisotopic (exact) mass is 442 g/mol. The van der Waals surface area contributed by atoms with Crippen molar-refractivity contribution in [2.45, 2.75) is 0 Å². The summed E-state index contributed by atoms with van der Waals surface area (Å²) in [5.41, 5.74) is 3.89. The van der Waals surface area contributed by atoms with Crippen molar-refractivity contribution in [1.82, 2.24) is 5.43 Å². The van der Waals surface area contributed by atoms with Crippen LogP contribution in [0.15, 0.2) is 75.1 Å². The number of nitrogens with one attached hydrogen (secondary N) is 1. The highest BCUT2D eigenvalue weighted by atomic mass is 79.9. The third kappa shape index (κ3) is 3.54. The number of furan rings is 1. The Morgan fingerprint density at radius 3 is 2.63 bits per heavy atom. The van der Waals surface area contributed by atoms with Crippen LogP contribution in [-0.2, 0) is 9.59 Å². The topological polar surface area (TPSA) is 62.6 Å². The first kappa shape index (κ1) is 17.6. The summed E-state index contributed by atoms with van der Waals surface area (Å²) in [6.45, 7) is 0. The molecule has 1 aliphatic heterocycles. The lowest BCUT2D eigenvalue weighted by atomic mass is 10.2. The van der Waals surface area contributed by atoms with E-state index in [0.29, 0.717) is 22.2 Å². The predicted molar refractivity (Wildman–Crippen MR) is 107 cm³/mol. The van der Waals surface area contributed by atoms with Gasteiger partial charge in [-0.05, 0) is 48.5 Å². The van der Waals surface area contributed by atoms with Crippen molar-refractivity contribution < 1.29 is 14.0 Å². The molecule has 27 heavy (non-hydrogen) atoms. The molecule has 3 aromatic rings. The molecule has 1 saturated heterocycles. The van der Waals surface area contributed by atoms with Gasteiger partial charge in [-0.3, -0.25) is 15.0 Å². The van der Waals surface area contributed by atoms with Crippen molar-refractivity contribution in [3.8, 4) is 11.3 Å². The van der Waals surface area contributed by atoms with Gasteiger partial charge in [0.1, 0.15) is 17.1 Å². The van der Waals surface area contributed by atoms with Gasteiger partial charge in [-0.25, -0.2) is 5.01 Å². The maximum Gasteiger partial charge on any atom is 0.282 e. The molecule has 0 atom stereocenters. The fourth-order valence-electron chi connectivity index (χ4n) is 2.72. The van der Waals surface area contributed by atoms with Crippen LogP contribution < -0.4 is 10.4 Å². The Balaban J connectivity index is 1.63. The Labute approximate surface area is 168 Å². The van der Waals surface area contributed by atoms with E-state index in [2.05, 4.69) is 21.4 Å². The highest BCUT2D eigenvalue weighted by Crippen LogP contribution is 2.28. The van der Waals surface area contributed by atoms with Crippen molar-refractivity contribution in [3.05, 3.63) is 81.5 Å². The molecule has 1 fully saturated rings. The first-order valence-corrected chi connectivity index (χ1v) is 9.17. The van der Waals surface area contributed by atoms with Gasteiger partial charge in [0.15, 0.2) is 0 Å². The molecule has 1 aromatic heterocycles. The molecule has 0 radical (unpaired) electrons. The van der Waals surface area contributed by atoms with Crippen LogP contribution >= 0.6 is 27.5 Å². The first-order chi connectivity index (χ1) is 13.0. The second kappa shape index (κ2) is 7.06. The van der Waals surface area contributed by atoms with Gasteiger partial charge in [0, 0.05) is 15.1 Å². The van der Waals surface area contributed by atoms with E-state index in [-0.39, 0.29) is 5.57 Å². The molecule has 4 rings (SSSR count). The minimum atomic E-state index is -0.500. The quantitative estimate of drug-likeness (QED) is 0.466. The number of nitrogens with zero attached hydrogens (tertiary/aromatic N) is 1. The Morgan fingerprint density at radius 1 is 1.04 bits per heavy atom. The molecule has 1 N–H and O–H groups in total. The summed E-state index contributed by atoms with van der Waals surface area (Å²) in [4.78, 5) is 24.9. The average Bonchev–Trinajstić information content (AvgIpc) is 3.22. The van der Waals surface area contributed by atoms with E-state index in [1.165, 1.54) is 6.08 Å². The standard InChI is InChI=1S/C20H12BrClN2O3/c21-13-4-1-3-12(9-13)18-8-7-16(27-18)11-17-19(25)23-24(20(17)26)15-6-2-5-14(22)10-15/h1-11H,(H,23,25)/b17-11-. The Morgan fingerprint density at radius 2 is 1.85 bits per heavy atom. The van der Waals surface area contributed by atoms with Crippen LogP contribution in [-0.4, -0.2) is 11.8 Å². The lowest BCUT2D eigenvalue weighted by molar-refractivity contribution is -0.117. The summed E-state index contributed by atoms with van der Waals surface area (Å²) >= 11 is 9.38. The van der Waals surface area contributed by atoms with E-state index in [9.17, 15) is 9.59 Å². The van der Waals surface area contributed by atoms with Gasteiger partial charge in [0.25, 0.3) is 11.8 Å². The second-order valence-corrected chi connectivity index (χ2v) is 7.18. The van der Waals surface area contributed by atoms with Crippen molar-refractivity contribution in [2.75, 3.05) is 5.01 Å². The summed E-state index contributed by atoms with van der Waals surface area (Å²) in [5.74, 6) is 0.0835. The highest BCUT2D eigenvalue weighted by molar-refractivity contribution is 9.10. The van der Waals surface area contributed by atoms with Crippen LogP contribution in [0.5, 0.6) is 0 Å². The molecular weight excluding hydrogens is 432 g/mol. The van der Waals surface area contributed by atoms with Crippen molar-refractivity contribution in [3.63, 3.8) is 0 Å². The van der Waals surface area contributed by atoms with Gasteiger partial charge in [-0.1, -0.05) is 45.7 Å². The van der Waals surface area contributed by atoms with Crippen molar-refractivity contribution in [1.29, 1.82) is 0 Å². The molecule has 0 saturated carbocycles. The summed E-state index contributed by atoms with van der Waals surface area (Å²) < 4.78 is 6.70. The van der Waals surface area contributed by atoms with Crippen LogP contribution in [0.1, 0.15) is 5.76 Å². The second-order valence-electron chi connectivity index (χ2n) is 5.83. The number of amides is 2. The molecule has 2 amide bonds. The summed E-state index contributed by atoms with van der Waals surface area (Å²) in [7, 11) is 0.